The minimum absolute atomic E-state index is 0.711. The van der Waals surface area contributed by atoms with Crippen LogP contribution in [-0.2, 0) is 0 Å². The van der Waals surface area contributed by atoms with Crippen LogP contribution in [0.25, 0.3) is 132 Å². The third-order valence-corrected chi connectivity index (χ3v) is 15.0. The number of hydrogen-bond donors (Lipinski definition) is 0. The average Bonchev–Trinajstić information content (AvgIpc) is 4.37. The molecule has 0 aliphatic heterocycles. The van der Waals surface area contributed by atoms with Crippen LogP contribution in [0.5, 0.6) is 0 Å². The van der Waals surface area contributed by atoms with Crippen LogP contribution < -0.4 is 9.80 Å². The Hall–Kier alpha value is -10.2. The van der Waals surface area contributed by atoms with Crippen LogP contribution in [0.3, 0.4) is 0 Å². The molecular weight excluding hydrogens is 917 g/mol. The Labute approximate surface area is 418 Å². The van der Waals surface area contributed by atoms with Gasteiger partial charge < -0.3 is 36.3 Å². The van der Waals surface area contributed by atoms with Gasteiger partial charge in [-0.05, 0) is 72.8 Å². The Morgan fingerprint density at radius 2 is 0.554 bits per heavy atom. The van der Waals surface area contributed by atoms with Gasteiger partial charge in [0.05, 0.1) is 22.7 Å². The Kier molecular flexibility index (Phi) is 7.85. The van der Waals surface area contributed by atoms with E-state index in [1.807, 2.05) is 72.8 Å². The Morgan fingerprint density at radius 3 is 0.986 bits per heavy atom. The lowest BCUT2D eigenvalue weighted by Gasteiger charge is -2.25. The van der Waals surface area contributed by atoms with E-state index in [9.17, 15) is 0 Å². The first-order chi connectivity index (χ1) is 36.7. The highest BCUT2D eigenvalue weighted by Gasteiger charge is 2.30. The van der Waals surface area contributed by atoms with Crippen molar-refractivity contribution in [2.45, 2.75) is 0 Å². The molecule has 0 fully saturated rings. The topological polar surface area (TPSA) is 85.3 Å². The van der Waals surface area contributed by atoms with Crippen molar-refractivity contribution in [2.24, 2.45) is 0 Å². The zero-order valence-corrected chi connectivity index (χ0v) is 39.1. The lowest BCUT2D eigenvalue weighted by Crippen LogP contribution is -2.10. The van der Waals surface area contributed by atoms with Gasteiger partial charge in [-0.3, -0.25) is 0 Å². The van der Waals surface area contributed by atoms with Gasteiger partial charge in [0, 0.05) is 88.1 Å². The molecule has 0 unspecified atom stereocenters. The molecule has 0 radical (unpaired) electrons. The SMILES string of the molecule is c1ccc(N(c2cccc3c2oc2ccccc23)c2cc3oc4cc5c(cc4c3c3c2oc2ccccc23)oc2cc(N(c3ccccc3)c3cccc4c3oc3ccccc34)c3oc4ccccc4c3c25)cc1. The molecule has 0 aliphatic rings. The first kappa shape index (κ1) is 39.5. The molecule has 8 nitrogen and oxygen atoms in total. The molecule has 11 aromatic carbocycles. The highest BCUT2D eigenvalue weighted by atomic mass is 16.4. The van der Waals surface area contributed by atoms with E-state index in [0.29, 0.717) is 11.2 Å². The number of anilines is 6. The quantitative estimate of drug-likeness (QED) is 0.163. The molecule has 0 bridgehead atoms. The Balaban J connectivity index is 0.946. The molecule has 0 atom stereocenters. The minimum atomic E-state index is 0.711. The van der Waals surface area contributed by atoms with Gasteiger partial charge in [0.2, 0.25) is 0 Å². The molecule has 6 heterocycles. The number of furan rings is 6. The zero-order chi connectivity index (χ0) is 48.2. The third kappa shape index (κ3) is 5.40. The molecule has 0 aliphatic carbocycles. The van der Waals surface area contributed by atoms with Crippen LogP contribution in [0.2, 0.25) is 0 Å². The van der Waals surface area contributed by atoms with Gasteiger partial charge >= 0.3 is 0 Å². The van der Waals surface area contributed by atoms with E-state index in [1.54, 1.807) is 0 Å². The minimum Gasteiger partial charge on any atom is -0.456 e. The van der Waals surface area contributed by atoms with Gasteiger partial charge in [0.15, 0.2) is 22.3 Å². The van der Waals surface area contributed by atoms with Crippen molar-refractivity contribution >= 4 is 166 Å². The van der Waals surface area contributed by atoms with Crippen molar-refractivity contribution in [3.8, 4) is 0 Å². The Bertz CT molecular complexity index is 4840. The number of benzene rings is 11. The van der Waals surface area contributed by atoms with Crippen LogP contribution in [0.15, 0.2) is 245 Å². The average molecular weight is 953 g/mol. The normalized spacial score (nSPS) is 12.3. The van der Waals surface area contributed by atoms with Gasteiger partial charge in [-0.1, -0.05) is 133 Å². The van der Waals surface area contributed by atoms with Crippen LogP contribution >= 0.6 is 0 Å². The largest absolute Gasteiger partial charge is 0.456 e. The molecule has 0 amide bonds. The molecule has 0 spiro atoms. The summed E-state index contributed by atoms with van der Waals surface area (Å²) in [6.45, 7) is 0. The fourth-order valence-corrected chi connectivity index (χ4v) is 11.9. The molecule has 6 aromatic heterocycles. The maximum absolute atomic E-state index is 7.15. The fraction of sp³-hybridized carbons (Fsp3) is 0. The van der Waals surface area contributed by atoms with Crippen LogP contribution in [0.1, 0.15) is 0 Å². The second kappa shape index (κ2) is 14.7. The van der Waals surface area contributed by atoms with Crippen LogP contribution in [0.4, 0.5) is 34.1 Å². The van der Waals surface area contributed by atoms with E-state index in [-0.39, 0.29) is 0 Å². The molecule has 17 rings (SSSR count). The van der Waals surface area contributed by atoms with E-state index < -0.39 is 0 Å². The first-order valence-corrected chi connectivity index (χ1v) is 24.7. The molecule has 0 N–H and O–H groups in total. The van der Waals surface area contributed by atoms with Crippen LogP contribution in [0, 0.1) is 0 Å². The summed E-state index contributed by atoms with van der Waals surface area (Å²) < 4.78 is 41.8. The third-order valence-electron chi connectivity index (χ3n) is 15.0. The summed E-state index contributed by atoms with van der Waals surface area (Å²) in [4.78, 5) is 4.46. The van der Waals surface area contributed by atoms with Gasteiger partial charge in [0.1, 0.15) is 44.7 Å². The van der Waals surface area contributed by atoms with Gasteiger partial charge in [-0.2, -0.15) is 0 Å². The summed E-state index contributed by atoms with van der Waals surface area (Å²) in [6.07, 6.45) is 0. The van der Waals surface area contributed by atoms with E-state index >= 15 is 0 Å². The highest BCUT2D eigenvalue weighted by molar-refractivity contribution is 6.33. The van der Waals surface area contributed by atoms with E-state index in [1.165, 1.54) is 0 Å². The molecule has 346 valence electrons. The highest BCUT2D eigenvalue weighted by Crippen LogP contribution is 2.53. The second-order valence-corrected chi connectivity index (χ2v) is 19.0. The monoisotopic (exact) mass is 952 g/mol. The molecule has 0 saturated carbocycles. The number of para-hydroxylation sites is 8. The molecular formula is C66H36N2O6. The second-order valence-electron chi connectivity index (χ2n) is 19.0. The number of fused-ring (bicyclic) bond motifs is 20. The predicted octanol–water partition coefficient (Wildman–Crippen LogP) is 20.0. The maximum Gasteiger partial charge on any atom is 0.160 e. The van der Waals surface area contributed by atoms with Crippen molar-refractivity contribution < 1.29 is 26.5 Å². The first-order valence-electron chi connectivity index (χ1n) is 24.7. The fourth-order valence-electron chi connectivity index (χ4n) is 11.9. The standard InChI is InChI=1S/C66H36N2O6/c1-3-17-37(18-4-1)67(47-27-15-25-41-39-21-7-11-29-51(39)71-63(41)47)49-35-57-59(61-43-23-9-13-31-53(43)73-65(49)61)45-33-56-46(34-55(45)69-57)60-58(70-56)36-50(66-62(60)44-24-10-14-32-54(44)74-66)68(38-19-5-2-6-20-38)48-28-16-26-42-40-22-8-12-30-52(40)72-64(42)48/h1-36H. The van der Waals surface area contributed by atoms with Crippen molar-refractivity contribution in [1.29, 1.82) is 0 Å². The van der Waals surface area contributed by atoms with Crippen molar-refractivity contribution in [2.75, 3.05) is 9.80 Å². The van der Waals surface area contributed by atoms with Gasteiger partial charge in [-0.15, -0.1) is 0 Å². The zero-order valence-electron chi connectivity index (χ0n) is 39.1. The molecule has 17 aromatic rings. The van der Waals surface area contributed by atoms with E-state index in [2.05, 4.69) is 155 Å². The van der Waals surface area contributed by atoms with Gasteiger partial charge in [0.25, 0.3) is 0 Å². The molecule has 8 heteroatoms. The van der Waals surface area contributed by atoms with Crippen molar-refractivity contribution in [3.05, 3.63) is 218 Å². The van der Waals surface area contributed by atoms with Crippen molar-refractivity contribution in [1.82, 2.24) is 0 Å². The summed E-state index contributed by atoms with van der Waals surface area (Å²) in [7, 11) is 0. The van der Waals surface area contributed by atoms with Crippen molar-refractivity contribution in [3.63, 3.8) is 0 Å². The summed E-state index contributed by atoms with van der Waals surface area (Å²) in [5.74, 6) is 0. The Morgan fingerprint density at radius 1 is 0.203 bits per heavy atom. The summed E-state index contributed by atoms with van der Waals surface area (Å²) in [5.41, 5.74) is 14.3. The summed E-state index contributed by atoms with van der Waals surface area (Å²) >= 11 is 0. The van der Waals surface area contributed by atoms with E-state index in [4.69, 9.17) is 26.5 Å². The lowest BCUT2D eigenvalue weighted by atomic mass is 10.0. The molecule has 74 heavy (non-hydrogen) atoms. The van der Waals surface area contributed by atoms with Gasteiger partial charge in [-0.25, -0.2) is 0 Å². The van der Waals surface area contributed by atoms with Crippen LogP contribution in [-0.4, -0.2) is 0 Å². The lowest BCUT2D eigenvalue weighted by molar-refractivity contribution is 0.659. The predicted molar refractivity (Wildman–Crippen MR) is 299 cm³/mol. The van der Waals surface area contributed by atoms with E-state index in [0.717, 1.165) is 155 Å². The number of rotatable bonds is 6. The molecule has 0 saturated heterocycles. The smallest absolute Gasteiger partial charge is 0.160 e. The maximum atomic E-state index is 7.15. The summed E-state index contributed by atoms with van der Waals surface area (Å²) in [5, 5.41) is 11.7. The number of nitrogens with zero attached hydrogens (tertiary/aromatic N) is 2. The number of hydrogen-bond acceptors (Lipinski definition) is 8. The summed E-state index contributed by atoms with van der Waals surface area (Å²) in [6, 6.07) is 74.7.